The highest BCUT2D eigenvalue weighted by Crippen LogP contribution is 2.23. The second-order valence-corrected chi connectivity index (χ2v) is 6.71. The van der Waals surface area contributed by atoms with Crippen molar-refractivity contribution in [2.75, 3.05) is 0 Å². The molecule has 0 unspecified atom stereocenters. The minimum Gasteiger partial charge on any atom is -0.406 e. The number of benzene rings is 2. The Morgan fingerprint density at radius 1 is 1.13 bits per heavy atom. The van der Waals surface area contributed by atoms with Crippen LogP contribution >= 0.6 is 24.0 Å². The van der Waals surface area contributed by atoms with Crippen molar-refractivity contribution in [3.63, 3.8) is 0 Å². The first-order chi connectivity index (χ1) is 14.2. The Kier molecular flexibility index (Phi) is 8.31. The lowest BCUT2D eigenvalue weighted by atomic mass is 10.1. The summed E-state index contributed by atoms with van der Waals surface area (Å²) >= 11 is 0. The second-order valence-electron chi connectivity index (χ2n) is 6.71. The summed E-state index contributed by atoms with van der Waals surface area (Å²) in [6.07, 6.45) is -4.71. The van der Waals surface area contributed by atoms with E-state index in [1.165, 1.54) is 24.3 Å². The number of para-hydroxylation sites is 1. The van der Waals surface area contributed by atoms with Gasteiger partial charge in [-0.3, -0.25) is 0 Å². The zero-order chi connectivity index (χ0) is 21.7. The third kappa shape index (κ3) is 7.16. The van der Waals surface area contributed by atoms with Crippen LogP contribution in [0.4, 0.5) is 13.2 Å². The van der Waals surface area contributed by atoms with E-state index in [1.54, 1.807) is 0 Å². The van der Waals surface area contributed by atoms with Crippen LogP contribution in [0.5, 0.6) is 5.75 Å². The van der Waals surface area contributed by atoms with E-state index in [1.807, 2.05) is 48.9 Å². The van der Waals surface area contributed by atoms with Crippen LogP contribution in [0.3, 0.4) is 0 Å². The van der Waals surface area contributed by atoms with Crippen LogP contribution in [0.2, 0.25) is 0 Å². The number of nitrogens with two attached hydrogens (primary N) is 1. The number of nitrogens with one attached hydrogen (secondary N) is 1. The fourth-order valence-electron chi connectivity index (χ4n) is 2.95. The number of nitrogens with zero attached hydrogens (tertiary/aromatic N) is 3. The lowest BCUT2D eigenvalue weighted by Gasteiger charge is -2.12. The van der Waals surface area contributed by atoms with Crippen LogP contribution in [0.1, 0.15) is 22.5 Å². The molecule has 0 aliphatic heterocycles. The molecule has 2 aromatic carbocycles. The quantitative estimate of drug-likeness (QED) is 0.270. The van der Waals surface area contributed by atoms with Crippen LogP contribution in [-0.2, 0) is 13.1 Å². The lowest BCUT2D eigenvalue weighted by molar-refractivity contribution is -0.274. The highest BCUT2D eigenvalue weighted by atomic mass is 127. The molecule has 0 spiro atoms. The third-order valence-corrected chi connectivity index (χ3v) is 4.28. The van der Waals surface area contributed by atoms with Gasteiger partial charge in [-0.1, -0.05) is 30.3 Å². The van der Waals surface area contributed by atoms with E-state index >= 15 is 0 Å². The highest BCUT2D eigenvalue weighted by Gasteiger charge is 2.30. The normalized spacial score (nSPS) is 11.7. The summed E-state index contributed by atoms with van der Waals surface area (Å²) in [5.74, 6) is -0.0455. The summed E-state index contributed by atoms with van der Waals surface area (Å²) in [5.41, 5.74) is 10.6. The summed E-state index contributed by atoms with van der Waals surface area (Å²) in [7, 11) is 0. The number of halogens is 4. The molecule has 3 rings (SSSR count). The average molecular weight is 545 g/mol. The number of guanidine groups is 1. The number of rotatable bonds is 6. The summed E-state index contributed by atoms with van der Waals surface area (Å²) in [5, 5.41) is 7.58. The molecule has 0 amide bonds. The maximum atomic E-state index is 12.2. The topological polar surface area (TPSA) is 77.5 Å². The number of hydrogen-bond acceptors (Lipinski definition) is 3. The minimum atomic E-state index is -4.71. The Balaban J connectivity index is 0.00000341. The molecule has 0 atom stereocenters. The van der Waals surface area contributed by atoms with Crippen molar-refractivity contribution in [2.24, 2.45) is 10.7 Å². The molecule has 0 bridgehead atoms. The van der Waals surface area contributed by atoms with Crippen molar-refractivity contribution in [1.82, 2.24) is 15.1 Å². The summed E-state index contributed by atoms with van der Waals surface area (Å²) in [6.45, 7) is 4.61. The Bertz CT molecular complexity index is 1030. The molecule has 1 heterocycles. The molecule has 0 fully saturated rings. The number of alkyl halides is 3. The molecule has 0 saturated carbocycles. The Labute approximate surface area is 195 Å². The smallest absolute Gasteiger partial charge is 0.406 e. The van der Waals surface area contributed by atoms with E-state index < -0.39 is 6.36 Å². The van der Waals surface area contributed by atoms with Gasteiger partial charge in [-0.15, -0.1) is 37.1 Å². The number of aryl methyl sites for hydroxylation is 2. The van der Waals surface area contributed by atoms with Crippen molar-refractivity contribution >= 4 is 29.9 Å². The van der Waals surface area contributed by atoms with E-state index in [0.717, 1.165) is 22.6 Å². The number of aromatic nitrogens is 2. The monoisotopic (exact) mass is 545 g/mol. The number of aliphatic imine (C=N–C) groups is 1. The van der Waals surface area contributed by atoms with Crippen molar-refractivity contribution in [3.05, 3.63) is 77.1 Å². The highest BCUT2D eigenvalue weighted by molar-refractivity contribution is 14.0. The molecule has 10 heteroatoms. The van der Waals surface area contributed by atoms with Gasteiger partial charge in [0.15, 0.2) is 5.96 Å². The fourth-order valence-corrected chi connectivity index (χ4v) is 2.95. The van der Waals surface area contributed by atoms with Crippen molar-refractivity contribution in [3.8, 4) is 11.4 Å². The molecule has 6 nitrogen and oxygen atoms in total. The first-order valence-corrected chi connectivity index (χ1v) is 9.21. The van der Waals surface area contributed by atoms with Gasteiger partial charge in [0, 0.05) is 12.2 Å². The van der Waals surface area contributed by atoms with E-state index in [2.05, 4.69) is 20.1 Å². The number of hydrogen-bond donors (Lipinski definition) is 2. The SMILES string of the molecule is Cc1cc(C)n(-c2ccccc2CNC(N)=NCc2ccc(OC(F)(F)F)cc2)n1.I. The van der Waals surface area contributed by atoms with Gasteiger partial charge < -0.3 is 15.8 Å². The van der Waals surface area contributed by atoms with Crippen LogP contribution in [0, 0.1) is 13.8 Å². The zero-order valence-corrected chi connectivity index (χ0v) is 19.3. The van der Waals surface area contributed by atoms with E-state index in [0.29, 0.717) is 12.1 Å². The molecule has 3 N–H and O–H groups in total. The molecule has 0 aliphatic carbocycles. The van der Waals surface area contributed by atoms with E-state index in [9.17, 15) is 13.2 Å². The van der Waals surface area contributed by atoms with E-state index in [-0.39, 0.29) is 42.2 Å². The maximum Gasteiger partial charge on any atom is 0.573 e. The van der Waals surface area contributed by atoms with Crippen molar-refractivity contribution in [2.45, 2.75) is 33.3 Å². The standard InChI is InChI=1S/C21H22F3N5O.HI/c1-14-11-15(2)29(28-14)19-6-4-3-5-17(19)13-27-20(25)26-12-16-7-9-18(10-8-16)30-21(22,23)24;/h3-11H,12-13H2,1-2H3,(H3,25,26,27);1H. The van der Waals surface area contributed by atoms with Gasteiger partial charge in [-0.25, -0.2) is 9.67 Å². The Morgan fingerprint density at radius 3 is 2.42 bits per heavy atom. The zero-order valence-electron chi connectivity index (χ0n) is 17.0. The third-order valence-electron chi connectivity index (χ3n) is 4.28. The average Bonchev–Trinajstić information content (AvgIpc) is 3.02. The minimum absolute atomic E-state index is 0. The fraction of sp³-hybridized carbons (Fsp3) is 0.238. The predicted molar refractivity (Wildman–Crippen MR) is 124 cm³/mol. The molecule has 31 heavy (non-hydrogen) atoms. The first kappa shape index (κ1) is 24.5. The van der Waals surface area contributed by atoms with Gasteiger partial charge in [0.1, 0.15) is 5.75 Å². The lowest BCUT2D eigenvalue weighted by Crippen LogP contribution is -2.31. The molecular formula is C21H23F3IN5O. The maximum absolute atomic E-state index is 12.2. The summed E-state index contributed by atoms with van der Waals surface area (Å²) in [4.78, 5) is 4.24. The molecule has 3 aromatic rings. The number of ether oxygens (including phenoxy) is 1. The predicted octanol–water partition coefficient (Wildman–Crippen LogP) is 4.61. The molecule has 0 radical (unpaired) electrons. The first-order valence-electron chi connectivity index (χ1n) is 9.21. The van der Waals surface area contributed by atoms with Crippen LogP contribution in [0.15, 0.2) is 59.6 Å². The molecule has 1 aromatic heterocycles. The van der Waals surface area contributed by atoms with Gasteiger partial charge >= 0.3 is 6.36 Å². The van der Waals surface area contributed by atoms with Crippen molar-refractivity contribution < 1.29 is 17.9 Å². The largest absolute Gasteiger partial charge is 0.573 e. The summed E-state index contributed by atoms with van der Waals surface area (Å²) < 4.78 is 42.3. The summed E-state index contributed by atoms with van der Waals surface area (Å²) in [6, 6.07) is 15.3. The van der Waals surface area contributed by atoms with Crippen LogP contribution in [0.25, 0.3) is 5.69 Å². The van der Waals surface area contributed by atoms with Gasteiger partial charge in [-0.05, 0) is 49.2 Å². The molecular weight excluding hydrogens is 522 g/mol. The van der Waals surface area contributed by atoms with Crippen LogP contribution < -0.4 is 15.8 Å². The Hall–Kier alpha value is -2.76. The van der Waals surface area contributed by atoms with Crippen LogP contribution in [-0.4, -0.2) is 22.1 Å². The molecule has 166 valence electrons. The molecule has 0 aliphatic rings. The second kappa shape index (κ2) is 10.5. The van der Waals surface area contributed by atoms with Gasteiger partial charge in [-0.2, -0.15) is 5.10 Å². The van der Waals surface area contributed by atoms with Gasteiger partial charge in [0.05, 0.1) is 17.9 Å². The van der Waals surface area contributed by atoms with Gasteiger partial charge in [0.25, 0.3) is 0 Å². The Morgan fingerprint density at radius 2 is 1.81 bits per heavy atom. The molecule has 0 saturated heterocycles. The van der Waals surface area contributed by atoms with E-state index in [4.69, 9.17) is 5.73 Å². The van der Waals surface area contributed by atoms with Crippen molar-refractivity contribution in [1.29, 1.82) is 0 Å². The van der Waals surface area contributed by atoms with Gasteiger partial charge in [0.2, 0.25) is 0 Å².